The van der Waals surface area contributed by atoms with Crippen molar-refractivity contribution in [1.29, 1.82) is 0 Å². The molecule has 11 rings (SSSR count). The maximum absolute atomic E-state index is 14.6. The third kappa shape index (κ3) is 19.1. The zero-order valence-electron chi connectivity index (χ0n) is 54.4. The summed E-state index contributed by atoms with van der Waals surface area (Å²) in [6.45, 7) is 6.14. The van der Waals surface area contributed by atoms with Gasteiger partial charge in [-0.2, -0.15) is 0 Å². The highest BCUT2D eigenvalue weighted by molar-refractivity contribution is 5.96. The summed E-state index contributed by atoms with van der Waals surface area (Å²) in [5, 5.41) is 29.9. The first-order chi connectivity index (χ1) is 46.1. The number of amides is 6. The smallest absolute Gasteiger partial charge is 0.245 e. The van der Waals surface area contributed by atoms with Gasteiger partial charge < -0.3 is 42.1 Å². The van der Waals surface area contributed by atoms with Crippen LogP contribution in [0.1, 0.15) is 73.8 Å². The molecule has 2 fully saturated rings. The summed E-state index contributed by atoms with van der Waals surface area (Å²) >= 11 is 0. The van der Waals surface area contributed by atoms with Gasteiger partial charge in [-0.15, -0.1) is 0 Å². The Morgan fingerprint density at radius 1 is 0.389 bits per heavy atom. The number of ketones is 2. The molecule has 2 saturated heterocycles. The number of nitrogens with zero attached hydrogens (tertiary/aromatic N) is 1. The molecule has 0 spiro atoms. The van der Waals surface area contributed by atoms with E-state index in [0.717, 1.165) is 97.1 Å². The highest BCUT2D eigenvalue weighted by Gasteiger charge is 2.36. The average Bonchev–Trinajstić information content (AvgIpc) is 0.980. The largest absolute Gasteiger partial charge is 0.354 e. The topological polar surface area (TPSA) is 224 Å². The summed E-state index contributed by atoms with van der Waals surface area (Å²) in [5.41, 5.74) is 4.50. The minimum Gasteiger partial charge on any atom is -0.354 e. The van der Waals surface area contributed by atoms with Gasteiger partial charge in [-0.1, -0.05) is 200 Å². The van der Waals surface area contributed by atoms with E-state index in [2.05, 4.69) is 37.2 Å². The lowest BCUT2D eigenvalue weighted by atomic mass is 9.95. The molecule has 5 unspecified atom stereocenters. The molecule has 16 nitrogen and oxygen atoms in total. The Bertz CT molecular complexity index is 4180. The molecule has 0 aromatic heterocycles. The number of benzene rings is 9. The molecular formula is C79H86N8O8. The second-order valence-electron chi connectivity index (χ2n) is 25.3. The lowest BCUT2D eigenvalue weighted by molar-refractivity contribution is -0.143. The van der Waals surface area contributed by atoms with Gasteiger partial charge in [0.25, 0.3) is 0 Å². The number of carbonyl (C=O) groups excluding carboxylic acids is 8. The number of piperidine rings is 2. The number of rotatable bonds is 25. The normalized spacial score (nSPS) is 15.0. The number of carbonyl (C=O) groups is 8. The van der Waals surface area contributed by atoms with Crippen LogP contribution < -0.4 is 37.2 Å². The molecule has 9 aromatic rings. The Morgan fingerprint density at radius 2 is 0.747 bits per heavy atom. The molecule has 95 heavy (non-hydrogen) atoms. The summed E-state index contributed by atoms with van der Waals surface area (Å²) < 4.78 is 0. The Kier molecular flexibility index (Phi) is 23.8. The van der Waals surface area contributed by atoms with E-state index in [9.17, 15) is 38.4 Å². The molecule has 6 amide bonds. The molecule has 2 heterocycles. The molecule has 9 aromatic carbocycles. The quantitative estimate of drug-likeness (QED) is 0.0287. The van der Waals surface area contributed by atoms with Crippen LogP contribution in [0, 0.1) is 11.8 Å². The van der Waals surface area contributed by atoms with Crippen molar-refractivity contribution in [3.8, 4) is 0 Å². The minimum absolute atomic E-state index is 0.0310. The zero-order chi connectivity index (χ0) is 66.6. The van der Waals surface area contributed by atoms with Crippen molar-refractivity contribution in [3.05, 3.63) is 228 Å². The first kappa shape index (κ1) is 68.0. The van der Waals surface area contributed by atoms with Crippen LogP contribution in [0.2, 0.25) is 0 Å². The minimum atomic E-state index is -0.953. The van der Waals surface area contributed by atoms with Crippen molar-refractivity contribution in [2.45, 2.75) is 108 Å². The Labute approximate surface area is 555 Å². The van der Waals surface area contributed by atoms with Gasteiger partial charge in [0, 0.05) is 57.5 Å². The summed E-state index contributed by atoms with van der Waals surface area (Å²) in [4.78, 5) is 109. The molecule has 5 atom stereocenters. The number of likely N-dealkylation sites (N-methyl/N-ethyl adjacent to an activating group) is 1. The van der Waals surface area contributed by atoms with Crippen LogP contribution >= 0.6 is 0 Å². The van der Waals surface area contributed by atoms with Crippen molar-refractivity contribution in [3.63, 3.8) is 0 Å². The lowest BCUT2D eigenvalue weighted by Crippen LogP contribution is -2.58. The van der Waals surface area contributed by atoms with Crippen LogP contribution in [-0.2, 0) is 70.5 Å². The first-order valence-electron chi connectivity index (χ1n) is 33.2. The summed E-state index contributed by atoms with van der Waals surface area (Å²) in [6.07, 6.45) is 4.37. The molecule has 0 radical (unpaired) electrons. The Morgan fingerprint density at radius 3 is 1.17 bits per heavy atom. The number of fused-ring (bicyclic) bond motifs is 4. The summed E-state index contributed by atoms with van der Waals surface area (Å²) in [6, 6.07) is 61.2. The maximum atomic E-state index is 14.6. The van der Waals surface area contributed by atoms with E-state index in [1.807, 2.05) is 200 Å². The molecule has 0 aliphatic carbocycles. The molecule has 7 N–H and O–H groups in total. The van der Waals surface area contributed by atoms with Gasteiger partial charge in [-0.25, -0.2) is 0 Å². The van der Waals surface area contributed by atoms with Gasteiger partial charge >= 0.3 is 0 Å². The third-order valence-electron chi connectivity index (χ3n) is 18.3. The first-order valence-corrected chi connectivity index (χ1v) is 33.2. The van der Waals surface area contributed by atoms with Gasteiger partial charge in [-0.3, -0.25) is 38.4 Å². The van der Waals surface area contributed by atoms with Crippen LogP contribution in [0.3, 0.4) is 0 Å². The van der Waals surface area contributed by atoms with Crippen molar-refractivity contribution in [2.24, 2.45) is 11.8 Å². The fourth-order valence-electron chi connectivity index (χ4n) is 12.7. The molecule has 0 saturated carbocycles. The van der Waals surface area contributed by atoms with Crippen molar-refractivity contribution >= 4 is 90.1 Å². The monoisotopic (exact) mass is 1270 g/mol. The van der Waals surface area contributed by atoms with Crippen LogP contribution in [0.4, 0.5) is 0 Å². The molecular weight excluding hydrogens is 1190 g/mol. The molecule has 0 bridgehead atoms. The number of Topliss-reactive ketones (excluding diaryl/α,β-unsaturated/α-hetero) is 2. The second-order valence-corrected chi connectivity index (χ2v) is 25.3. The SMILES string of the molecule is CC(=O)C(Cc1ccccc1)NC(=O)C(Cc1ccc2ccccc2c1)N(C)C(=O)C(Cc1ccc2ccccc2c1)NC(=O)C1CCNCC1.CC(=O)CCNC(=O)C(Cc1ccc2ccccc2c1)NC(=O)C(Cc1ccc2ccccc2c1)NC(=O)C1CCNCC1. The van der Waals surface area contributed by atoms with E-state index in [1.165, 1.54) is 18.7 Å². The predicted octanol–water partition coefficient (Wildman–Crippen LogP) is 9.25. The van der Waals surface area contributed by atoms with Crippen molar-refractivity contribution in [2.75, 3.05) is 39.8 Å². The van der Waals surface area contributed by atoms with Crippen LogP contribution in [0.5, 0.6) is 0 Å². The Balaban J connectivity index is 0.000000209. The van der Waals surface area contributed by atoms with E-state index < -0.39 is 42.0 Å². The average molecular weight is 1280 g/mol. The molecule has 2 aliphatic rings. The van der Waals surface area contributed by atoms with Gasteiger partial charge in [-0.05, 0) is 143 Å². The number of hydrogen-bond acceptors (Lipinski definition) is 10. The van der Waals surface area contributed by atoms with E-state index in [4.69, 9.17) is 0 Å². The predicted molar refractivity (Wildman–Crippen MR) is 375 cm³/mol. The van der Waals surface area contributed by atoms with E-state index in [0.29, 0.717) is 32.1 Å². The molecule has 490 valence electrons. The van der Waals surface area contributed by atoms with Crippen LogP contribution in [0.15, 0.2) is 200 Å². The van der Waals surface area contributed by atoms with Gasteiger partial charge in [0.05, 0.1) is 6.04 Å². The van der Waals surface area contributed by atoms with Gasteiger partial charge in [0.2, 0.25) is 35.4 Å². The van der Waals surface area contributed by atoms with Crippen LogP contribution in [0.25, 0.3) is 43.1 Å². The van der Waals surface area contributed by atoms with Crippen molar-refractivity contribution in [1.82, 2.24) is 42.1 Å². The summed E-state index contributed by atoms with van der Waals surface area (Å²) in [7, 11) is 1.62. The van der Waals surface area contributed by atoms with E-state index in [-0.39, 0.29) is 85.7 Å². The second kappa shape index (κ2) is 33.3. The highest BCUT2D eigenvalue weighted by atomic mass is 16.2. The zero-order valence-corrected chi connectivity index (χ0v) is 54.4. The number of nitrogens with one attached hydrogen (secondary N) is 7. The third-order valence-corrected chi connectivity index (χ3v) is 18.3. The number of hydrogen-bond donors (Lipinski definition) is 7. The van der Waals surface area contributed by atoms with E-state index in [1.54, 1.807) is 7.05 Å². The molecule has 2 aliphatic heterocycles. The Hall–Kier alpha value is -9.90. The van der Waals surface area contributed by atoms with Crippen molar-refractivity contribution < 1.29 is 38.4 Å². The van der Waals surface area contributed by atoms with Gasteiger partial charge in [0.1, 0.15) is 30.0 Å². The lowest BCUT2D eigenvalue weighted by Gasteiger charge is -2.33. The molecule has 16 heteroatoms. The fourth-order valence-corrected chi connectivity index (χ4v) is 12.7. The van der Waals surface area contributed by atoms with Gasteiger partial charge in [0.15, 0.2) is 5.78 Å². The maximum Gasteiger partial charge on any atom is 0.245 e. The van der Waals surface area contributed by atoms with Crippen LogP contribution in [-0.4, -0.2) is 122 Å². The standard InChI is InChI=1S/C43H46N4O4.C36H40N4O4/c1-29(48)38(26-30-10-4-3-5-11-30)45-42(50)40(28-32-17-19-34-13-7-9-15-37(34)25-32)47(2)43(51)39(46-41(49)35-20-22-44-23-21-35)27-31-16-18-33-12-6-8-14-36(33)24-31;1-24(41)14-19-38-35(43)32(22-25-10-12-27-6-2-4-8-30(27)20-25)40-36(44)33(39-34(42)29-15-17-37-18-16-29)23-26-11-13-28-7-3-5-9-31(28)21-26/h3-19,24-25,35,38-40,44H,20-23,26-28H2,1-2H3,(H,45,50)(H,46,49);2-13,20-21,29,32-33,37H,14-19,22-23H2,1H3,(H,38,43)(H,39,42)(H,40,44). The van der Waals surface area contributed by atoms with E-state index >= 15 is 0 Å². The fraction of sp³-hybridized carbons (Fsp3) is 0.316. The summed E-state index contributed by atoms with van der Waals surface area (Å²) in [5.74, 6) is -2.47. The highest BCUT2D eigenvalue weighted by Crippen LogP contribution is 2.24.